The first-order chi connectivity index (χ1) is 16.7. The molecule has 1 amide bonds. The molecule has 0 unspecified atom stereocenters. The summed E-state index contributed by atoms with van der Waals surface area (Å²) in [5, 5.41) is 36.8. The largest absolute Gasteiger partial charge is 0.508 e. The molecule has 0 fully saturated rings. The standard InChI is InChI=1S/C25H36N2O7S/c26-35(32,33)22-10-7-9-19(16-22)8-3-6-15-34-14-5-2-1-4-13-27-25(31)24(30)20-11-12-23(29)21(17-20)18-28/h7,9-12,16-17,24,28-30H,1-6,8,13-15,18H2,(H,27,31)(H2,26,32,33)/t24-/m1/s1. The maximum absolute atomic E-state index is 12.1. The number of aliphatic hydroxyl groups is 2. The molecule has 0 saturated heterocycles. The minimum atomic E-state index is -3.67. The Bertz CT molecular complexity index is 1040. The van der Waals surface area contributed by atoms with Crippen LogP contribution in [0.3, 0.4) is 0 Å². The number of benzene rings is 2. The molecule has 2 aromatic carbocycles. The van der Waals surface area contributed by atoms with Gasteiger partial charge in [0.25, 0.3) is 5.91 Å². The summed E-state index contributed by atoms with van der Waals surface area (Å²) in [5.41, 5.74) is 1.51. The van der Waals surface area contributed by atoms with Crippen molar-refractivity contribution in [2.24, 2.45) is 5.14 Å². The molecule has 35 heavy (non-hydrogen) atoms. The maximum Gasteiger partial charge on any atom is 0.253 e. The van der Waals surface area contributed by atoms with Crippen LogP contribution >= 0.6 is 0 Å². The zero-order valence-electron chi connectivity index (χ0n) is 19.9. The lowest BCUT2D eigenvalue weighted by molar-refractivity contribution is -0.129. The van der Waals surface area contributed by atoms with Gasteiger partial charge < -0.3 is 25.4 Å². The van der Waals surface area contributed by atoms with Gasteiger partial charge in [0.2, 0.25) is 10.0 Å². The second-order valence-electron chi connectivity index (χ2n) is 8.42. The van der Waals surface area contributed by atoms with Crippen LogP contribution in [0.25, 0.3) is 0 Å². The summed E-state index contributed by atoms with van der Waals surface area (Å²) in [5.74, 6) is -0.597. The van der Waals surface area contributed by atoms with Crippen LogP contribution < -0.4 is 10.5 Å². The lowest BCUT2D eigenvalue weighted by atomic mass is 10.0. The SMILES string of the molecule is NS(=O)(=O)c1cccc(CCCCOCCCCCCNC(=O)[C@H](O)c2ccc(O)c(CO)c2)c1. The Kier molecular flexibility index (Phi) is 12.1. The third kappa shape index (κ3) is 10.3. The second kappa shape index (κ2) is 14.8. The molecule has 0 aromatic heterocycles. The van der Waals surface area contributed by atoms with Gasteiger partial charge in [-0.3, -0.25) is 4.79 Å². The molecule has 0 aliphatic heterocycles. The lowest BCUT2D eigenvalue weighted by Gasteiger charge is -2.13. The van der Waals surface area contributed by atoms with Gasteiger partial charge in [0, 0.05) is 25.3 Å². The van der Waals surface area contributed by atoms with Crippen molar-refractivity contribution in [3.05, 3.63) is 59.2 Å². The third-order valence-electron chi connectivity index (χ3n) is 5.58. The van der Waals surface area contributed by atoms with Crippen LogP contribution in [-0.4, -0.2) is 49.4 Å². The highest BCUT2D eigenvalue weighted by atomic mass is 32.2. The van der Waals surface area contributed by atoms with Gasteiger partial charge in [-0.1, -0.05) is 31.0 Å². The highest BCUT2D eigenvalue weighted by Gasteiger charge is 2.18. The fourth-order valence-corrected chi connectivity index (χ4v) is 4.14. The number of ether oxygens (including phenoxy) is 1. The van der Waals surface area contributed by atoms with E-state index in [4.69, 9.17) is 9.88 Å². The zero-order valence-corrected chi connectivity index (χ0v) is 20.7. The molecule has 0 aliphatic carbocycles. The molecular formula is C25H36N2O7S. The average molecular weight is 509 g/mol. The number of carbonyl (C=O) groups excluding carboxylic acids is 1. The van der Waals surface area contributed by atoms with Crippen molar-refractivity contribution in [1.29, 1.82) is 0 Å². The molecule has 0 bridgehead atoms. The van der Waals surface area contributed by atoms with Gasteiger partial charge in [-0.15, -0.1) is 0 Å². The van der Waals surface area contributed by atoms with E-state index in [1.807, 2.05) is 6.07 Å². The molecular weight excluding hydrogens is 472 g/mol. The molecule has 1 atom stereocenters. The summed E-state index contributed by atoms with van der Waals surface area (Å²) in [7, 11) is -3.67. The Morgan fingerprint density at radius 2 is 1.71 bits per heavy atom. The van der Waals surface area contributed by atoms with E-state index in [0.29, 0.717) is 25.3 Å². The monoisotopic (exact) mass is 508 g/mol. The number of rotatable bonds is 16. The van der Waals surface area contributed by atoms with Crippen molar-refractivity contribution in [3.63, 3.8) is 0 Å². The molecule has 0 radical (unpaired) electrons. The van der Waals surface area contributed by atoms with Gasteiger partial charge in [0.1, 0.15) is 5.75 Å². The van der Waals surface area contributed by atoms with Crippen molar-refractivity contribution in [3.8, 4) is 5.75 Å². The molecule has 0 saturated carbocycles. The Morgan fingerprint density at radius 1 is 1.00 bits per heavy atom. The number of hydrogen-bond acceptors (Lipinski definition) is 7. The number of aliphatic hydroxyl groups excluding tert-OH is 2. The minimum absolute atomic E-state index is 0.0824. The normalized spacial score (nSPS) is 12.4. The predicted octanol–water partition coefficient (Wildman–Crippen LogP) is 2.28. The van der Waals surface area contributed by atoms with Crippen molar-refractivity contribution in [2.45, 2.75) is 62.6 Å². The lowest BCUT2D eigenvalue weighted by Crippen LogP contribution is -2.30. The third-order valence-corrected chi connectivity index (χ3v) is 6.49. The molecule has 2 rings (SSSR count). The number of amides is 1. The van der Waals surface area contributed by atoms with Gasteiger partial charge in [0.05, 0.1) is 11.5 Å². The van der Waals surface area contributed by atoms with Crippen LogP contribution in [0.1, 0.15) is 61.3 Å². The second-order valence-corrected chi connectivity index (χ2v) is 9.98. The summed E-state index contributed by atoms with van der Waals surface area (Å²) in [4.78, 5) is 12.2. The summed E-state index contributed by atoms with van der Waals surface area (Å²) < 4.78 is 28.4. The van der Waals surface area contributed by atoms with E-state index in [-0.39, 0.29) is 22.8 Å². The Balaban J connectivity index is 1.48. The highest BCUT2D eigenvalue weighted by Crippen LogP contribution is 2.22. The van der Waals surface area contributed by atoms with Crippen LogP contribution in [0.15, 0.2) is 47.4 Å². The molecule has 9 nitrogen and oxygen atoms in total. The number of sulfonamides is 1. The fraction of sp³-hybridized carbons (Fsp3) is 0.480. The van der Waals surface area contributed by atoms with E-state index in [9.17, 15) is 28.5 Å². The Hall–Kier alpha value is -2.50. The number of nitrogens with two attached hydrogens (primary N) is 1. The van der Waals surface area contributed by atoms with Gasteiger partial charge >= 0.3 is 0 Å². The van der Waals surface area contributed by atoms with Crippen molar-refractivity contribution in [2.75, 3.05) is 19.8 Å². The van der Waals surface area contributed by atoms with Crippen LogP contribution in [0, 0.1) is 0 Å². The summed E-state index contributed by atoms with van der Waals surface area (Å²) in [6.07, 6.45) is 4.79. The van der Waals surface area contributed by atoms with E-state index in [0.717, 1.165) is 50.5 Å². The number of hydrogen-bond donors (Lipinski definition) is 5. The van der Waals surface area contributed by atoms with Crippen molar-refractivity contribution in [1.82, 2.24) is 5.32 Å². The van der Waals surface area contributed by atoms with Crippen LogP contribution in [0.5, 0.6) is 5.75 Å². The fourth-order valence-electron chi connectivity index (χ4n) is 3.56. The number of aromatic hydroxyl groups is 1. The molecule has 0 heterocycles. The van der Waals surface area contributed by atoms with Crippen LogP contribution in [0.2, 0.25) is 0 Å². The van der Waals surface area contributed by atoms with Gasteiger partial charge in [-0.05, 0) is 67.5 Å². The topological polar surface area (TPSA) is 159 Å². The number of carbonyl (C=O) groups is 1. The van der Waals surface area contributed by atoms with Crippen molar-refractivity contribution >= 4 is 15.9 Å². The molecule has 10 heteroatoms. The summed E-state index contributed by atoms with van der Waals surface area (Å²) in [6, 6.07) is 10.9. The molecule has 6 N–H and O–H groups in total. The van der Waals surface area contributed by atoms with Crippen LogP contribution in [0.4, 0.5) is 0 Å². The summed E-state index contributed by atoms with van der Waals surface area (Å²) in [6.45, 7) is 1.39. The van der Waals surface area contributed by atoms with Gasteiger partial charge in [-0.25, -0.2) is 13.6 Å². The number of primary sulfonamides is 1. The van der Waals surface area contributed by atoms with E-state index in [1.165, 1.54) is 24.3 Å². The highest BCUT2D eigenvalue weighted by molar-refractivity contribution is 7.89. The molecule has 0 aliphatic rings. The summed E-state index contributed by atoms with van der Waals surface area (Å²) >= 11 is 0. The number of aryl methyl sites for hydroxylation is 1. The first-order valence-electron chi connectivity index (χ1n) is 11.8. The van der Waals surface area contributed by atoms with E-state index < -0.39 is 22.0 Å². The number of phenols is 1. The maximum atomic E-state index is 12.1. The quantitative estimate of drug-likeness (QED) is 0.218. The molecule has 2 aromatic rings. The minimum Gasteiger partial charge on any atom is -0.508 e. The zero-order chi connectivity index (χ0) is 25.7. The van der Waals surface area contributed by atoms with Crippen LogP contribution in [-0.2, 0) is 32.6 Å². The van der Waals surface area contributed by atoms with E-state index in [2.05, 4.69) is 5.32 Å². The van der Waals surface area contributed by atoms with Crippen molar-refractivity contribution < 1.29 is 33.3 Å². The first-order valence-corrected chi connectivity index (χ1v) is 13.3. The number of nitrogens with one attached hydrogen (secondary N) is 1. The van der Waals surface area contributed by atoms with Gasteiger partial charge in [-0.2, -0.15) is 0 Å². The van der Waals surface area contributed by atoms with Gasteiger partial charge in [0.15, 0.2) is 6.10 Å². The average Bonchev–Trinajstić information content (AvgIpc) is 2.84. The van der Waals surface area contributed by atoms with E-state index in [1.54, 1.807) is 12.1 Å². The molecule has 194 valence electrons. The van der Waals surface area contributed by atoms with E-state index >= 15 is 0 Å². The Labute approximate surface area is 207 Å². The predicted molar refractivity (Wildman–Crippen MR) is 132 cm³/mol. The smallest absolute Gasteiger partial charge is 0.253 e. The Morgan fingerprint density at radius 3 is 2.43 bits per heavy atom. The first kappa shape index (κ1) is 28.7. The number of unbranched alkanes of at least 4 members (excludes halogenated alkanes) is 4. The molecule has 0 spiro atoms.